The topological polar surface area (TPSA) is 70.2 Å². The van der Waals surface area contributed by atoms with E-state index in [1.165, 1.54) is 6.07 Å². The van der Waals surface area contributed by atoms with E-state index in [1.807, 2.05) is 42.5 Å². The Morgan fingerprint density at radius 3 is 2.57 bits per heavy atom. The van der Waals surface area contributed by atoms with Gasteiger partial charge in [-0.25, -0.2) is 4.68 Å². The van der Waals surface area contributed by atoms with Crippen LogP contribution in [0.15, 0.2) is 48.5 Å². The van der Waals surface area contributed by atoms with Crippen LogP contribution in [0.2, 0.25) is 25.7 Å². The zero-order valence-electron chi connectivity index (χ0n) is 16.5. The summed E-state index contributed by atoms with van der Waals surface area (Å²) in [4.78, 5) is 10.8. The first kappa shape index (κ1) is 20.0. The molecule has 0 spiro atoms. The van der Waals surface area contributed by atoms with Crippen molar-refractivity contribution in [2.24, 2.45) is 0 Å². The Morgan fingerprint density at radius 2 is 1.89 bits per heavy atom. The van der Waals surface area contributed by atoms with Crippen LogP contribution in [-0.4, -0.2) is 29.4 Å². The van der Waals surface area contributed by atoms with Crippen molar-refractivity contribution >= 4 is 36.8 Å². The maximum atomic E-state index is 11.2. The summed E-state index contributed by atoms with van der Waals surface area (Å²) in [6.45, 7) is 7.85. The number of hydrogen-bond acceptors (Lipinski definition) is 4. The first-order valence-electron chi connectivity index (χ1n) is 9.29. The predicted octanol–water partition coefficient (Wildman–Crippen LogP) is 5.43. The van der Waals surface area contributed by atoms with Crippen molar-refractivity contribution in [1.82, 2.24) is 9.78 Å². The number of benzene rings is 2. The molecule has 0 saturated carbocycles. The van der Waals surface area contributed by atoms with Gasteiger partial charge in [0.15, 0.2) is 0 Å². The van der Waals surface area contributed by atoms with E-state index in [0.29, 0.717) is 12.1 Å². The van der Waals surface area contributed by atoms with Crippen molar-refractivity contribution in [2.45, 2.75) is 32.4 Å². The summed E-state index contributed by atoms with van der Waals surface area (Å²) in [5.41, 5.74) is 2.59. The zero-order valence-corrected chi connectivity index (χ0v) is 17.5. The summed E-state index contributed by atoms with van der Waals surface area (Å²) in [7, 11) is -1.17. The molecule has 0 atom stereocenters. The molecule has 0 saturated heterocycles. The standard InChI is InChI=1S/C21H25N3O3Si/c1-28(2,3)14-13-27-16-23-21-15-18(24(25)26)10-11-19(21)20(22-23)12-9-17-7-5-4-6-8-17/h4-12,15H,13-14,16H2,1-3H3/b12-9+. The molecule has 0 aliphatic heterocycles. The minimum absolute atomic E-state index is 0.0503. The Morgan fingerprint density at radius 1 is 1.14 bits per heavy atom. The second kappa shape index (κ2) is 8.49. The number of nitro benzene ring substituents is 1. The van der Waals surface area contributed by atoms with Gasteiger partial charge in [-0.05, 0) is 23.7 Å². The number of ether oxygens (including phenoxy) is 1. The molecule has 2 aromatic carbocycles. The summed E-state index contributed by atoms with van der Waals surface area (Å²) in [6.07, 6.45) is 3.92. The summed E-state index contributed by atoms with van der Waals surface area (Å²) < 4.78 is 7.53. The number of hydrogen-bond donors (Lipinski definition) is 0. The molecule has 0 radical (unpaired) electrons. The normalized spacial score (nSPS) is 12.1. The molecule has 1 heterocycles. The Bertz CT molecular complexity index is 991. The number of nitrogens with zero attached hydrogens (tertiary/aromatic N) is 3. The van der Waals surface area contributed by atoms with Crippen LogP contribution >= 0.6 is 0 Å². The number of non-ortho nitro benzene ring substituents is 1. The average Bonchev–Trinajstić information content (AvgIpc) is 3.01. The first-order chi connectivity index (χ1) is 13.3. The molecule has 0 aliphatic rings. The summed E-state index contributed by atoms with van der Waals surface area (Å²) in [5.74, 6) is 0. The summed E-state index contributed by atoms with van der Waals surface area (Å²) in [5, 5.41) is 16.7. The fourth-order valence-electron chi connectivity index (χ4n) is 2.79. The lowest BCUT2D eigenvalue weighted by Gasteiger charge is -2.15. The highest BCUT2D eigenvalue weighted by Crippen LogP contribution is 2.25. The Balaban J connectivity index is 1.89. The molecule has 0 amide bonds. The van der Waals surface area contributed by atoms with Crippen molar-refractivity contribution in [2.75, 3.05) is 6.61 Å². The third-order valence-corrected chi connectivity index (χ3v) is 6.12. The summed E-state index contributed by atoms with van der Waals surface area (Å²) in [6, 6.07) is 15.8. The molecule has 0 aliphatic carbocycles. The molecule has 7 heteroatoms. The quantitative estimate of drug-likeness (QED) is 0.221. The van der Waals surface area contributed by atoms with Gasteiger partial charge in [0, 0.05) is 32.2 Å². The highest BCUT2D eigenvalue weighted by molar-refractivity contribution is 6.76. The second-order valence-corrected chi connectivity index (χ2v) is 13.6. The van der Waals surface area contributed by atoms with Gasteiger partial charge in [-0.3, -0.25) is 10.1 Å². The molecule has 3 rings (SSSR count). The van der Waals surface area contributed by atoms with Gasteiger partial charge in [0.2, 0.25) is 0 Å². The van der Waals surface area contributed by atoms with E-state index in [9.17, 15) is 10.1 Å². The van der Waals surface area contributed by atoms with Crippen molar-refractivity contribution < 1.29 is 9.66 Å². The lowest BCUT2D eigenvalue weighted by Crippen LogP contribution is -2.22. The van der Waals surface area contributed by atoms with Crippen LogP contribution in [-0.2, 0) is 11.5 Å². The van der Waals surface area contributed by atoms with Crippen LogP contribution in [0.4, 0.5) is 5.69 Å². The number of aromatic nitrogens is 2. The third kappa shape index (κ3) is 5.14. The molecule has 28 heavy (non-hydrogen) atoms. The largest absolute Gasteiger partial charge is 0.360 e. The van der Waals surface area contributed by atoms with Crippen LogP contribution in [0, 0.1) is 10.1 Å². The molecule has 146 valence electrons. The molecule has 6 nitrogen and oxygen atoms in total. The van der Waals surface area contributed by atoms with Crippen LogP contribution in [0.3, 0.4) is 0 Å². The minimum Gasteiger partial charge on any atom is -0.360 e. The molecular weight excluding hydrogens is 370 g/mol. The van der Waals surface area contributed by atoms with Crippen molar-refractivity contribution in [3.05, 3.63) is 69.9 Å². The maximum absolute atomic E-state index is 11.2. The van der Waals surface area contributed by atoms with Crippen LogP contribution in [0.1, 0.15) is 11.3 Å². The van der Waals surface area contributed by atoms with Gasteiger partial charge >= 0.3 is 0 Å². The monoisotopic (exact) mass is 395 g/mol. The third-order valence-electron chi connectivity index (χ3n) is 4.42. The average molecular weight is 396 g/mol. The van der Waals surface area contributed by atoms with Gasteiger partial charge in [0.25, 0.3) is 5.69 Å². The predicted molar refractivity (Wildman–Crippen MR) is 116 cm³/mol. The molecule has 0 fully saturated rings. The fourth-order valence-corrected chi connectivity index (χ4v) is 3.55. The van der Waals surface area contributed by atoms with Crippen LogP contribution in [0.5, 0.6) is 0 Å². The van der Waals surface area contributed by atoms with Gasteiger partial charge in [-0.15, -0.1) is 0 Å². The fraction of sp³-hybridized carbons (Fsp3) is 0.286. The van der Waals surface area contributed by atoms with E-state index in [-0.39, 0.29) is 17.3 Å². The zero-order chi connectivity index (χ0) is 20.1. The van der Waals surface area contributed by atoms with E-state index < -0.39 is 8.07 Å². The van der Waals surface area contributed by atoms with Crippen molar-refractivity contribution in [3.8, 4) is 0 Å². The highest BCUT2D eigenvalue weighted by atomic mass is 28.3. The van der Waals surface area contributed by atoms with Gasteiger partial charge < -0.3 is 4.74 Å². The van der Waals surface area contributed by atoms with E-state index >= 15 is 0 Å². The Hall–Kier alpha value is -2.77. The number of rotatable bonds is 8. The van der Waals surface area contributed by atoms with Gasteiger partial charge in [-0.1, -0.05) is 56.0 Å². The van der Waals surface area contributed by atoms with E-state index in [0.717, 1.165) is 22.7 Å². The van der Waals surface area contributed by atoms with Crippen LogP contribution < -0.4 is 0 Å². The highest BCUT2D eigenvalue weighted by Gasteiger charge is 2.15. The number of fused-ring (bicyclic) bond motifs is 1. The van der Waals surface area contributed by atoms with E-state index in [1.54, 1.807) is 16.8 Å². The van der Waals surface area contributed by atoms with Crippen LogP contribution in [0.25, 0.3) is 23.1 Å². The lowest BCUT2D eigenvalue weighted by atomic mass is 10.1. The molecule has 0 unspecified atom stereocenters. The van der Waals surface area contributed by atoms with Gasteiger partial charge in [0.1, 0.15) is 6.73 Å². The van der Waals surface area contributed by atoms with Crippen molar-refractivity contribution in [1.29, 1.82) is 0 Å². The smallest absolute Gasteiger partial charge is 0.271 e. The Kier molecular flexibility index (Phi) is 6.06. The molecule has 0 bridgehead atoms. The molecule has 3 aromatic rings. The van der Waals surface area contributed by atoms with Gasteiger partial charge in [0.05, 0.1) is 16.1 Å². The molecular formula is C21H25N3O3Si. The maximum Gasteiger partial charge on any atom is 0.271 e. The molecule has 0 N–H and O–H groups in total. The first-order valence-corrected chi connectivity index (χ1v) is 13.0. The van der Waals surface area contributed by atoms with Gasteiger partial charge in [-0.2, -0.15) is 5.10 Å². The van der Waals surface area contributed by atoms with E-state index in [4.69, 9.17) is 4.74 Å². The second-order valence-electron chi connectivity index (χ2n) is 7.94. The molecule has 1 aromatic heterocycles. The lowest BCUT2D eigenvalue weighted by molar-refractivity contribution is -0.384. The Labute approximate surface area is 165 Å². The number of nitro groups is 1. The van der Waals surface area contributed by atoms with Crippen molar-refractivity contribution in [3.63, 3.8) is 0 Å². The summed E-state index contributed by atoms with van der Waals surface area (Å²) >= 11 is 0. The minimum atomic E-state index is -1.17. The van der Waals surface area contributed by atoms with E-state index in [2.05, 4.69) is 24.7 Å². The SMILES string of the molecule is C[Si](C)(C)CCOCn1nc(/C=C/c2ccccc2)c2ccc([N+](=O)[O-])cc21.